The van der Waals surface area contributed by atoms with Crippen molar-refractivity contribution in [3.8, 4) is 0 Å². The molecular formula is C18H33NO2. The van der Waals surface area contributed by atoms with E-state index in [1.807, 2.05) is 7.11 Å². The minimum atomic E-state index is 0.0410. The number of methoxy groups -OCH3 is 1. The van der Waals surface area contributed by atoms with Crippen molar-refractivity contribution in [2.45, 2.75) is 82.0 Å². The topological polar surface area (TPSA) is 30.5 Å². The van der Waals surface area contributed by atoms with E-state index in [1.165, 1.54) is 57.8 Å². The second-order valence-electron chi connectivity index (χ2n) is 7.87. The molecule has 3 fully saturated rings. The summed E-state index contributed by atoms with van der Waals surface area (Å²) in [4.78, 5) is 0. The molecule has 3 aliphatic rings. The first-order chi connectivity index (χ1) is 10.1. The lowest BCUT2D eigenvalue weighted by molar-refractivity contribution is -0.165. The lowest BCUT2D eigenvalue weighted by Crippen LogP contribution is -2.60. The van der Waals surface area contributed by atoms with E-state index in [0.717, 1.165) is 12.5 Å². The Morgan fingerprint density at radius 2 is 1.95 bits per heavy atom. The van der Waals surface area contributed by atoms with Crippen molar-refractivity contribution in [3.05, 3.63) is 0 Å². The summed E-state index contributed by atoms with van der Waals surface area (Å²) in [5, 5.41) is 3.66. The Bertz CT molecular complexity index is 355. The Morgan fingerprint density at radius 1 is 1.14 bits per heavy atom. The van der Waals surface area contributed by atoms with Crippen LogP contribution >= 0.6 is 0 Å². The predicted molar refractivity (Wildman–Crippen MR) is 85.5 cm³/mol. The second-order valence-corrected chi connectivity index (χ2v) is 7.87. The van der Waals surface area contributed by atoms with E-state index < -0.39 is 0 Å². The molecule has 1 aliphatic heterocycles. The van der Waals surface area contributed by atoms with Crippen molar-refractivity contribution < 1.29 is 9.47 Å². The molecule has 0 bridgehead atoms. The maximum absolute atomic E-state index is 6.17. The molecule has 0 aromatic heterocycles. The van der Waals surface area contributed by atoms with E-state index in [0.29, 0.717) is 12.0 Å². The monoisotopic (exact) mass is 295 g/mol. The summed E-state index contributed by atoms with van der Waals surface area (Å²) in [6.07, 6.45) is 11.4. The fourth-order valence-corrected chi connectivity index (χ4v) is 5.34. The van der Waals surface area contributed by atoms with Crippen LogP contribution in [0.1, 0.15) is 64.7 Å². The van der Waals surface area contributed by atoms with Crippen LogP contribution in [-0.4, -0.2) is 38.0 Å². The van der Waals surface area contributed by atoms with Gasteiger partial charge in [-0.15, -0.1) is 0 Å². The van der Waals surface area contributed by atoms with Crippen LogP contribution in [0.3, 0.4) is 0 Å². The van der Waals surface area contributed by atoms with Gasteiger partial charge in [0.05, 0.1) is 11.2 Å². The van der Waals surface area contributed by atoms with E-state index in [-0.39, 0.29) is 11.2 Å². The van der Waals surface area contributed by atoms with Gasteiger partial charge in [-0.25, -0.2) is 0 Å². The number of likely N-dealkylation sites (N-methyl/N-ethyl adjacent to an activating group) is 1. The Balaban J connectivity index is 1.76. The molecule has 1 N–H and O–H groups in total. The zero-order valence-corrected chi connectivity index (χ0v) is 14.1. The SMILES string of the molecule is CNC(C1CCOC2(CCC2)C1)C1(OC)CCCC(C)C1. The average molecular weight is 295 g/mol. The van der Waals surface area contributed by atoms with Gasteiger partial charge in [-0.05, 0) is 63.8 Å². The van der Waals surface area contributed by atoms with E-state index in [1.54, 1.807) is 0 Å². The first-order valence-electron chi connectivity index (χ1n) is 8.99. The molecule has 0 aromatic rings. The highest BCUT2D eigenvalue weighted by Gasteiger charge is 2.50. The van der Waals surface area contributed by atoms with Gasteiger partial charge in [0, 0.05) is 19.8 Å². The van der Waals surface area contributed by atoms with Crippen molar-refractivity contribution in [3.63, 3.8) is 0 Å². The molecule has 0 radical (unpaired) electrons. The fraction of sp³-hybridized carbons (Fsp3) is 1.00. The molecule has 1 spiro atoms. The number of ether oxygens (including phenoxy) is 2. The molecular weight excluding hydrogens is 262 g/mol. The number of nitrogens with one attached hydrogen (secondary N) is 1. The van der Waals surface area contributed by atoms with Gasteiger partial charge >= 0.3 is 0 Å². The molecule has 0 aromatic carbocycles. The first kappa shape index (κ1) is 15.8. The second kappa shape index (κ2) is 6.17. The maximum Gasteiger partial charge on any atom is 0.0836 e. The maximum atomic E-state index is 6.17. The fourth-order valence-electron chi connectivity index (χ4n) is 5.34. The number of hydrogen-bond donors (Lipinski definition) is 1. The summed E-state index contributed by atoms with van der Waals surface area (Å²) in [5.74, 6) is 1.49. The predicted octanol–water partition coefficient (Wildman–Crippen LogP) is 3.52. The number of rotatable bonds is 4. The number of hydrogen-bond acceptors (Lipinski definition) is 3. The van der Waals surface area contributed by atoms with Crippen molar-refractivity contribution in [1.29, 1.82) is 0 Å². The third-order valence-electron chi connectivity index (χ3n) is 6.54. The van der Waals surface area contributed by atoms with Crippen LogP contribution in [0.15, 0.2) is 0 Å². The Hall–Kier alpha value is -0.120. The molecule has 122 valence electrons. The standard InChI is InChI=1S/C18H33NO2/c1-14-6-4-10-18(12-14,20-3)16(19-2)15-7-11-21-17(13-15)8-5-9-17/h14-16,19H,4-13H2,1-3H3. The van der Waals surface area contributed by atoms with Crippen LogP contribution in [0.25, 0.3) is 0 Å². The molecule has 4 unspecified atom stereocenters. The van der Waals surface area contributed by atoms with Gasteiger partial charge in [-0.2, -0.15) is 0 Å². The lowest BCUT2D eigenvalue weighted by Gasteiger charge is -2.53. The summed E-state index contributed by atoms with van der Waals surface area (Å²) in [6, 6.07) is 0.478. The van der Waals surface area contributed by atoms with Crippen molar-refractivity contribution in [2.24, 2.45) is 11.8 Å². The van der Waals surface area contributed by atoms with E-state index >= 15 is 0 Å². The summed E-state index contributed by atoms with van der Waals surface area (Å²) in [5.41, 5.74) is 0.270. The molecule has 4 atom stereocenters. The molecule has 0 amide bonds. The minimum absolute atomic E-state index is 0.0410. The zero-order chi connectivity index (χ0) is 14.9. The Kier molecular flexibility index (Phi) is 4.63. The largest absolute Gasteiger partial charge is 0.377 e. The molecule has 2 aliphatic carbocycles. The van der Waals surface area contributed by atoms with Gasteiger partial charge in [0.1, 0.15) is 0 Å². The van der Waals surface area contributed by atoms with Crippen molar-refractivity contribution in [2.75, 3.05) is 20.8 Å². The van der Waals surface area contributed by atoms with Crippen LogP contribution in [0.5, 0.6) is 0 Å². The van der Waals surface area contributed by atoms with Crippen molar-refractivity contribution >= 4 is 0 Å². The summed E-state index contributed by atoms with van der Waals surface area (Å²) >= 11 is 0. The molecule has 21 heavy (non-hydrogen) atoms. The minimum Gasteiger partial charge on any atom is -0.377 e. The van der Waals surface area contributed by atoms with Crippen molar-refractivity contribution in [1.82, 2.24) is 5.32 Å². The molecule has 1 saturated heterocycles. The smallest absolute Gasteiger partial charge is 0.0836 e. The summed E-state index contributed by atoms with van der Waals surface area (Å²) < 4.78 is 12.3. The Morgan fingerprint density at radius 3 is 2.52 bits per heavy atom. The van der Waals surface area contributed by atoms with Gasteiger partial charge in [0.25, 0.3) is 0 Å². The van der Waals surface area contributed by atoms with Crippen LogP contribution < -0.4 is 5.32 Å². The highest BCUT2D eigenvalue weighted by Crippen LogP contribution is 2.48. The zero-order valence-electron chi connectivity index (χ0n) is 14.1. The van der Waals surface area contributed by atoms with Gasteiger partial charge in [-0.3, -0.25) is 0 Å². The highest BCUT2D eigenvalue weighted by atomic mass is 16.5. The normalized spacial score (nSPS) is 40.7. The third-order valence-corrected chi connectivity index (χ3v) is 6.54. The van der Waals surface area contributed by atoms with Crippen LogP contribution in [0, 0.1) is 11.8 Å². The average Bonchev–Trinajstić information content (AvgIpc) is 2.47. The van der Waals surface area contributed by atoms with Gasteiger partial charge < -0.3 is 14.8 Å². The molecule has 3 rings (SSSR count). The van der Waals surface area contributed by atoms with Crippen LogP contribution in [-0.2, 0) is 9.47 Å². The first-order valence-corrected chi connectivity index (χ1v) is 8.99. The van der Waals surface area contributed by atoms with E-state index in [2.05, 4.69) is 19.3 Å². The van der Waals surface area contributed by atoms with Gasteiger partial charge in [-0.1, -0.05) is 19.8 Å². The van der Waals surface area contributed by atoms with Crippen LogP contribution in [0.2, 0.25) is 0 Å². The Labute approximate surface area is 130 Å². The van der Waals surface area contributed by atoms with E-state index in [4.69, 9.17) is 9.47 Å². The molecule has 3 heteroatoms. The van der Waals surface area contributed by atoms with Crippen LogP contribution in [0.4, 0.5) is 0 Å². The molecule has 1 heterocycles. The van der Waals surface area contributed by atoms with Gasteiger partial charge in [0.15, 0.2) is 0 Å². The molecule has 3 nitrogen and oxygen atoms in total. The lowest BCUT2D eigenvalue weighted by atomic mass is 9.65. The van der Waals surface area contributed by atoms with E-state index in [9.17, 15) is 0 Å². The highest BCUT2D eigenvalue weighted by molar-refractivity contribution is 5.04. The van der Waals surface area contributed by atoms with Gasteiger partial charge in [0.2, 0.25) is 0 Å². The summed E-state index contributed by atoms with van der Waals surface area (Å²) in [7, 11) is 4.06. The molecule has 2 saturated carbocycles. The third kappa shape index (κ3) is 2.89. The quantitative estimate of drug-likeness (QED) is 0.861. The summed E-state index contributed by atoms with van der Waals surface area (Å²) in [6.45, 7) is 3.33.